The summed E-state index contributed by atoms with van der Waals surface area (Å²) in [5, 5.41) is 7.29. The summed E-state index contributed by atoms with van der Waals surface area (Å²) in [6, 6.07) is -3.40. The molecule has 2 aliphatic heterocycles. The van der Waals surface area contributed by atoms with Crippen molar-refractivity contribution in [2.45, 2.75) is 70.3 Å². The summed E-state index contributed by atoms with van der Waals surface area (Å²) in [6.07, 6.45) is -1.68. The van der Waals surface area contributed by atoms with E-state index in [0.29, 0.717) is 25.8 Å². The van der Waals surface area contributed by atoms with E-state index in [1.165, 1.54) is 4.90 Å². The molecule has 4 fully saturated rings. The zero-order chi connectivity index (χ0) is 27.3. The third-order valence-electron chi connectivity index (χ3n) is 8.44. The second-order valence-electron chi connectivity index (χ2n) is 11.2. The van der Waals surface area contributed by atoms with E-state index < -0.39 is 59.6 Å². The molecule has 2 heterocycles. The lowest BCUT2D eigenvalue weighted by atomic mass is 9.89. The minimum Gasteiger partial charge on any atom is -0.356 e. The Hall–Kier alpha value is -2.92. The number of alkyl halides is 3. The van der Waals surface area contributed by atoms with Gasteiger partial charge in [0.1, 0.15) is 12.1 Å². The van der Waals surface area contributed by atoms with Crippen LogP contribution in [0, 0.1) is 29.1 Å². The van der Waals surface area contributed by atoms with Crippen LogP contribution in [0.1, 0.15) is 46.0 Å². The summed E-state index contributed by atoms with van der Waals surface area (Å²) < 4.78 is 38.7. The number of carbonyl (C=O) groups is 5. The van der Waals surface area contributed by atoms with Crippen molar-refractivity contribution in [3.63, 3.8) is 0 Å². The van der Waals surface area contributed by atoms with Crippen LogP contribution in [0.4, 0.5) is 13.2 Å². The molecule has 9 nitrogen and oxygen atoms in total. The molecule has 204 valence electrons. The molecule has 4 aliphatic rings. The Balaban J connectivity index is 1.53. The molecule has 0 unspecified atom stereocenters. The fourth-order valence-electron chi connectivity index (χ4n) is 6.02. The molecule has 0 aromatic carbocycles. The lowest BCUT2D eigenvalue weighted by molar-refractivity contribution is -0.175. The number of nitrogens with zero attached hydrogens (tertiary/aromatic N) is 1. The molecule has 37 heavy (non-hydrogen) atoms. The lowest BCUT2D eigenvalue weighted by Gasteiger charge is -2.34. The number of ketones is 1. The number of hydrogen-bond acceptors (Lipinski definition) is 5. The van der Waals surface area contributed by atoms with E-state index >= 15 is 0 Å². The highest BCUT2D eigenvalue weighted by Crippen LogP contribution is 2.65. The predicted molar refractivity (Wildman–Crippen MR) is 124 cm³/mol. The Labute approximate surface area is 212 Å². The van der Waals surface area contributed by atoms with Crippen molar-refractivity contribution < 1.29 is 37.1 Å². The Bertz CT molecular complexity index is 1010. The van der Waals surface area contributed by atoms with Crippen molar-refractivity contribution >= 4 is 29.4 Å². The summed E-state index contributed by atoms with van der Waals surface area (Å²) in [6.45, 7) is 8.11. The van der Waals surface area contributed by atoms with Crippen LogP contribution in [0.15, 0.2) is 12.7 Å². The molecule has 4 amide bonds. The zero-order valence-electron chi connectivity index (χ0n) is 20.9. The van der Waals surface area contributed by atoms with E-state index in [0.717, 1.165) is 12.5 Å². The summed E-state index contributed by atoms with van der Waals surface area (Å²) in [7, 11) is 0. The van der Waals surface area contributed by atoms with E-state index in [9.17, 15) is 37.1 Å². The van der Waals surface area contributed by atoms with Gasteiger partial charge >= 0.3 is 12.1 Å². The van der Waals surface area contributed by atoms with Crippen molar-refractivity contribution in [3.05, 3.63) is 12.7 Å². The maximum absolute atomic E-state index is 13.6. The van der Waals surface area contributed by atoms with Crippen LogP contribution >= 0.6 is 0 Å². The highest BCUT2D eigenvalue weighted by Gasteiger charge is 2.70. The van der Waals surface area contributed by atoms with Crippen LogP contribution in [0.2, 0.25) is 0 Å². The number of amides is 4. The number of hydrogen-bond donors (Lipinski definition) is 3. The van der Waals surface area contributed by atoms with Gasteiger partial charge in [-0.1, -0.05) is 20.4 Å². The largest absolute Gasteiger partial charge is 0.471 e. The molecule has 6 atom stereocenters. The molecule has 2 saturated carbocycles. The van der Waals surface area contributed by atoms with Crippen LogP contribution in [0.25, 0.3) is 0 Å². The van der Waals surface area contributed by atoms with Crippen LogP contribution in [0.3, 0.4) is 0 Å². The fraction of sp³-hybridized carbons (Fsp3) is 0.720. The monoisotopic (exact) mass is 526 g/mol. The van der Waals surface area contributed by atoms with E-state index in [-0.39, 0.29) is 36.1 Å². The first kappa shape index (κ1) is 27.1. The molecule has 3 N–H and O–H groups in total. The Morgan fingerprint density at radius 1 is 1.19 bits per heavy atom. The number of carbonyl (C=O) groups excluding carboxylic acids is 5. The SMILES string of the molecule is C=CC(=O)[C@H](C[C@@H]1CCCNC1=O)NC(=O)[C@@H]1[C@@H]2[C@H](CN1C(=O)[C@@H](NC(=O)C(F)(F)F)C1CC1)C2(C)C. The van der Waals surface area contributed by atoms with Crippen molar-refractivity contribution in [1.82, 2.24) is 20.9 Å². The Kier molecular flexibility index (Phi) is 7.15. The lowest BCUT2D eigenvalue weighted by Crippen LogP contribution is -2.59. The van der Waals surface area contributed by atoms with Gasteiger partial charge in [-0.05, 0) is 61.3 Å². The second kappa shape index (κ2) is 9.75. The van der Waals surface area contributed by atoms with Crippen LogP contribution in [-0.4, -0.2) is 71.7 Å². The Morgan fingerprint density at radius 2 is 1.86 bits per heavy atom. The standard InChI is InChI=1S/C25H33F3N4O5/c1-4-16(33)15(10-13-6-5-9-29-20(13)34)30-21(35)19-17-14(24(17,2)3)11-32(19)22(36)18(12-7-8-12)31-23(37)25(26,27)28/h4,12-15,17-19H,1,5-11H2,2-3H3,(H,29,34)(H,30,35)(H,31,37)/t13-,14-,15-,17-,18-,19-/m0/s1. The van der Waals surface area contributed by atoms with Crippen LogP contribution in [0.5, 0.6) is 0 Å². The molecule has 0 aromatic heterocycles. The topological polar surface area (TPSA) is 125 Å². The quantitative estimate of drug-likeness (QED) is 0.388. The Morgan fingerprint density at radius 3 is 2.43 bits per heavy atom. The molecule has 2 saturated heterocycles. The first-order valence-electron chi connectivity index (χ1n) is 12.7. The number of piperidine rings is 2. The maximum atomic E-state index is 13.6. The third-order valence-corrected chi connectivity index (χ3v) is 8.44. The summed E-state index contributed by atoms with van der Waals surface area (Å²) in [4.78, 5) is 64.7. The van der Waals surface area contributed by atoms with Crippen molar-refractivity contribution in [2.75, 3.05) is 13.1 Å². The molecule has 4 rings (SSSR count). The van der Waals surface area contributed by atoms with Gasteiger partial charge in [-0.25, -0.2) is 0 Å². The van der Waals surface area contributed by atoms with E-state index in [1.54, 1.807) is 0 Å². The third kappa shape index (κ3) is 5.38. The summed E-state index contributed by atoms with van der Waals surface area (Å²) in [5.41, 5.74) is -0.274. The molecule has 0 spiro atoms. The van der Waals surface area contributed by atoms with Crippen LogP contribution in [-0.2, 0) is 24.0 Å². The number of fused-ring (bicyclic) bond motifs is 1. The molecule has 0 bridgehead atoms. The van der Waals surface area contributed by atoms with Gasteiger partial charge < -0.3 is 20.9 Å². The van der Waals surface area contributed by atoms with Gasteiger partial charge in [0.05, 0.1) is 6.04 Å². The van der Waals surface area contributed by atoms with Crippen LogP contribution < -0.4 is 16.0 Å². The average Bonchev–Trinajstić information content (AvgIpc) is 3.70. The molecular formula is C25H33F3N4O5. The van der Waals surface area contributed by atoms with E-state index in [2.05, 4.69) is 17.2 Å². The van der Waals surface area contributed by atoms with Crippen molar-refractivity contribution in [1.29, 1.82) is 0 Å². The first-order chi connectivity index (χ1) is 17.3. The van der Waals surface area contributed by atoms with E-state index in [4.69, 9.17) is 0 Å². The van der Waals surface area contributed by atoms with Gasteiger partial charge in [-0.15, -0.1) is 0 Å². The normalized spacial score (nSPS) is 29.9. The number of likely N-dealkylation sites (tertiary alicyclic amines) is 1. The smallest absolute Gasteiger partial charge is 0.356 e. The molecule has 0 aromatic rings. The van der Waals surface area contributed by atoms with Crippen molar-refractivity contribution in [3.8, 4) is 0 Å². The molecule has 12 heteroatoms. The fourth-order valence-corrected chi connectivity index (χ4v) is 6.02. The van der Waals surface area contributed by atoms with E-state index in [1.807, 2.05) is 19.2 Å². The minimum atomic E-state index is -5.14. The minimum absolute atomic E-state index is 0.0388. The first-order valence-corrected chi connectivity index (χ1v) is 12.7. The van der Waals surface area contributed by atoms with Gasteiger partial charge in [0.2, 0.25) is 17.7 Å². The molecule has 0 radical (unpaired) electrons. The summed E-state index contributed by atoms with van der Waals surface area (Å²) >= 11 is 0. The van der Waals surface area contributed by atoms with Gasteiger partial charge in [-0.3, -0.25) is 24.0 Å². The second-order valence-corrected chi connectivity index (χ2v) is 11.2. The number of rotatable bonds is 9. The zero-order valence-corrected chi connectivity index (χ0v) is 20.9. The van der Waals surface area contributed by atoms with Gasteiger partial charge in [0, 0.05) is 19.0 Å². The number of nitrogens with one attached hydrogen (secondary N) is 3. The summed E-state index contributed by atoms with van der Waals surface area (Å²) in [5.74, 6) is -5.35. The maximum Gasteiger partial charge on any atom is 0.471 e. The van der Waals surface area contributed by atoms with Gasteiger partial charge in [0.15, 0.2) is 5.78 Å². The molecular weight excluding hydrogens is 493 g/mol. The highest BCUT2D eigenvalue weighted by atomic mass is 19.4. The molecule has 2 aliphatic carbocycles. The van der Waals surface area contributed by atoms with Crippen molar-refractivity contribution in [2.24, 2.45) is 29.1 Å². The predicted octanol–water partition coefficient (Wildman–Crippen LogP) is 1.08. The average molecular weight is 527 g/mol. The van der Waals surface area contributed by atoms with Gasteiger partial charge in [0.25, 0.3) is 0 Å². The number of halogens is 3. The highest BCUT2D eigenvalue weighted by molar-refractivity contribution is 5.99. The van der Waals surface area contributed by atoms with Gasteiger partial charge in [-0.2, -0.15) is 13.2 Å².